The smallest absolute Gasteiger partial charge is 0.264 e. The number of nitrogens with zero attached hydrogens (tertiary/aromatic N) is 2. The minimum atomic E-state index is -4.20. The highest BCUT2D eigenvalue weighted by Crippen LogP contribution is 2.33. The Bertz CT molecular complexity index is 1370. The number of aryl methyl sites for hydroxylation is 1. The lowest BCUT2D eigenvalue weighted by Crippen LogP contribution is -2.52. The number of sulfonamides is 1. The van der Waals surface area contributed by atoms with Gasteiger partial charge >= 0.3 is 0 Å². The van der Waals surface area contributed by atoms with Crippen molar-refractivity contribution in [1.29, 1.82) is 0 Å². The number of halogens is 2. The molecule has 38 heavy (non-hydrogen) atoms. The zero-order chi connectivity index (χ0) is 27.9. The number of likely N-dealkylation sites (N-methyl/N-ethyl adjacent to an activating group) is 1. The molecule has 3 aromatic rings. The van der Waals surface area contributed by atoms with E-state index in [1.54, 1.807) is 25.1 Å². The maximum Gasteiger partial charge on any atom is 0.264 e. The first-order chi connectivity index (χ1) is 18.1. The molecule has 3 rings (SSSR count). The zero-order valence-corrected chi connectivity index (χ0v) is 23.9. The zero-order valence-electron chi connectivity index (χ0n) is 21.5. The lowest BCUT2D eigenvalue weighted by Gasteiger charge is -2.33. The Morgan fingerprint density at radius 2 is 1.61 bits per heavy atom. The number of benzene rings is 3. The fourth-order valence-electron chi connectivity index (χ4n) is 4.02. The second-order valence-electron chi connectivity index (χ2n) is 8.75. The third kappa shape index (κ3) is 7.07. The van der Waals surface area contributed by atoms with Crippen molar-refractivity contribution in [3.8, 4) is 0 Å². The predicted octanol–water partition coefficient (Wildman–Crippen LogP) is 5.44. The molecular weight excluding hydrogens is 545 g/mol. The molecule has 0 aliphatic heterocycles. The summed E-state index contributed by atoms with van der Waals surface area (Å²) in [6.45, 7) is 5.52. The lowest BCUT2D eigenvalue weighted by atomic mass is 10.1. The van der Waals surface area contributed by atoms with Crippen LogP contribution in [0.15, 0.2) is 77.7 Å². The number of carbonyl (C=O) groups excluding carboxylic acids is 2. The fourth-order valence-corrected chi connectivity index (χ4v) is 6.03. The van der Waals surface area contributed by atoms with Gasteiger partial charge in [-0.25, -0.2) is 8.42 Å². The molecule has 1 N–H and O–H groups in total. The van der Waals surface area contributed by atoms with Gasteiger partial charge < -0.3 is 10.2 Å². The maximum atomic E-state index is 13.9. The second kappa shape index (κ2) is 13.1. The van der Waals surface area contributed by atoms with Crippen LogP contribution in [-0.4, -0.2) is 44.3 Å². The Morgan fingerprint density at radius 1 is 0.947 bits per heavy atom. The molecule has 1 atom stereocenters. The molecule has 0 fully saturated rings. The van der Waals surface area contributed by atoms with Crippen molar-refractivity contribution >= 4 is 50.7 Å². The van der Waals surface area contributed by atoms with Crippen LogP contribution in [-0.2, 0) is 26.2 Å². The van der Waals surface area contributed by atoms with Crippen LogP contribution in [0.1, 0.15) is 31.4 Å². The molecule has 0 radical (unpaired) electrons. The summed E-state index contributed by atoms with van der Waals surface area (Å²) in [6.07, 6.45) is 0.344. The van der Waals surface area contributed by atoms with Crippen LogP contribution in [0.4, 0.5) is 5.69 Å². The van der Waals surface area contributed by atoms with E-state index in [-0.39, 0.29) is 28.1 Å². The number of carbonyl (C=O) groups is 2. The highest BCUT2D eigenvalue weighted by molar-refractivity contribution is 7.92. The Kier molecular flexibility index (Phi) is 10.2. The summed E-state index contributed by atoms with van der Waals surface area (Å²) in [6, 6.07) is 19.0. The largest absolute Gasteiger partial charge is 0.355 e. The van der Waals surface area contributed by atoms with Crippen LogP contribution >= 0.6 is 23.2 Å². The van der Waals surface area contributed by atoms with Crippen molar-refractivity contribution in [1.82, 2.24) is 10.2 Å². The molecule has 0 heterocycles. The summed E-state index contributed by atoms with van der Waals surface area (Å²) in [7, 11) is -4.20. The predicted molar refractivity (Wildman–Crippen MR) is 152 cm³/mol. The Hall–Kier alpha value is -3.07. The highest BCUT2D eigenvalue weighted by Gasteiger charge is 2.34. The van der Waals surface area contributed by atoms with Gasteiger partial charge in [0.25, 0.3) is 10.0 Å². The molecule has 10 heteroatoms. The van der Waals surface area contributed by atoms with Crippen molar-refractivity contribution < 1.29 is 18.0 Å². The number of nitrogens with one attached hydrogen (secondary N) is 1. The molecule has 7 nitrogen and oxygen atoms in total. The van der Waals surface area contributed by atoms with Gasteiger partial charge in [0.1, 0.15) is 12.6 Å². The van der Waals surface area contributed by atoms with Gasteiger partial charge in [0.15, 0.2) is 0 Å². The molecule has 0 saturated heterocycles. The van der Waals surface area contributed by atoms with Crippen molar-refractivity contribution in [3.05, 3.63) is 94.0 Å². The monoisotopic (exact) mass is 575 g/mol. The fraction of sp³-hybridized carbons (Fsp3) is 0.286. The molecule has 0 aliphatic carbocycles. The standard InChI is InChI=1S/C28H31Cl2N3O4S/c1-4-25(28(35)31-5-2)32(18-21-13-11-20(3)12-14-21)27(34)19-33(26-16-15-22(29)17-24(26)30)38(36,37)23-9-7-6-8-10-23/h6-17,25H,4-5,18-19H2,1-3H3,(H,31,35)/t25-/m1/s1. The molecule has 2 amide bonds. The Balaban J connectivity index is 2.08. The number of hydrogen-bond donors (Lipinski definition) is 1. The number of rotatable bonds is 11. The molecule has 0 spiro atoms. The van der Waals surface area contributed by atoms with Crippen molar-refractivity contribution in [2.45, 2.75) is 44.7 Å². The summed E-state index contributed by atoms with van der Waals surface area (Å²) in [5, 5.41) is 3.18. The molecule has 3 aromatic carbocycles. The highest BCUT2D eigenvalue weighted by atomic mass is 35.5. The van der Waals surface area contributed by atoms with Gasteiger partial charge in [-0.15, -0.1) is 0 Å². The summed E-state index contributed by atoms with van der Waals surface area (Å²) < 4.78 is 28.5. The van der Waals surface area contributed by atoms with Crippen molar-refractivity contribution in [3.63, 3.8) is 0 Å². The van der Waals surface area contributed by atoms with Gasteiger partial charge in [-0.1, -0.05) is 78.2 Å². The second-order valence-corrected chi connectivity index (χ2v) is 11.5. The van der Waals surface area contributed by atoms with E-state index in [2.05, 4.69) is 5.32 Å². The SMILES string of the molecule is CCNC(=O)[C@@H](CC)N(Cc1ccc(C)cc1)C(=O)CN(c1ccc(Cl)cc1Cl)S(=O)(=O)c1ccccc1. The molecule has 0 aromatic heterocycles. The first-order valence-corrected chi connectivity index (χ1v) is 14.4. The minimum absolute atomic E-state index is 0.000307. The van der Waals surface area contributed by atoms with Gasteiger partial charge in [-0.3, -0.25) is 13.9 Å². The molecule has 0 bridgehead atoms. The maximum absolute atomic E-state index is 13.9. The van der Waals surface area contributed by atoms with Gasteiger partial charge in [-0.05, 0) is 56.2 Å². The van der Waals surface area contributed by atoms with Gasteiger partial charge in [0.05, 0.1) is 15.6 Å². The molecule has 0 unspecified atom stereocenters. The first-order valence-electron chi connectivity index (χ1n) is 12.2. The van der Waals surface area contributed by atoms with Crippen LogP contribution in [0.25, 0.3) is 0 Å². The van der Waals surface area contributed by atoms with E-state index < -0.39 is 28.5 Å². The topological polar surface area (TPSA) is 86.8 Å². The third-order valence-corrected chi connectivity index (χ3v) is 8.31. The molecule has 0 saturated carbocycles. The lowest BCUT2D eigenvalue weighted by molar-refractivity contribution is -0.140. The summed E-state index contributed by atoms with van der Waals surface area (Å²) in [5.41, 5.74) is 1.98. The first kappa shape index (κ1) is 29.5. The van der Waals surface area contributed by atoms with Crippen molar-refractivity contribution in [2.24, 2.45) is 0 Å². The minimum Gasteiger partial charge on any atom is -0.355 e. The van der Waals surface area contributed by atoms with E-state index >= 15 is 0 Å². The quantitative estimate of drug-likeness (QED) is 0.330. The summed E-state index contributed by atoms with van der Waals surface area (Å²) in [5.74, 6) is -0.855. The van der Waals surface area contributed by atoms with Crippen LogP contribution < -0.4 is 9.62 Å². The average Bonchev–Trinajstić information content (AvgIpc) is 2.89. The third-order valence-electron chi connectivity index (χ3n) is 6.00. The van der Waals surface area contributed by atoms with Crippen molar-refractivity contribution in [2.75, 3.05) is 17.4 Å². The Labute approximate surface area is 234 Å². The van der Waals surface area contributed by atoms with E-state index in [1.807, 2.05) is 38.1 Å². The van der Waals surface area contributed by atoms with Crippen LogP contribution in [0.3, 0.4) is 0 Å². The van der Waals surface area contributed by atoms with E-state index in [1.165, 1.54) is 35.2 Å². The Morgan fingerprint density at radius 3 is 2.18 bits per heavy atom. The summed E-state index contributed by atoms with van der Waals surface area (Å²) in [4.78, 5) is 28.3. The molecule has 202 valence electrons. The average molecular weight is 577 g/mol. The van der Waals surface area contributed by atoms with E-state index in [4.69, 9.17) is 23.2 Å². The van der Waals surface area contributed by atoms with Crippen LogP contribution in [0, 0.1) is 6.92 Å². The van der Waals surface area contributed by atoms with E-state index in [9.17, 15) is 18.0 Å². The van der Waals surface area contributed by atoms with Crippen LogP contribution in [0.5, 0.6) is 0 Å². The molecular formula is C28H31Cl2N3O4S. The van der Waals surface area contributed by atoms with Gasteiger partial charge in [0, 0.05) is 18.1 Å². The van der Waals surface area contributed by atoms with E-state index in [0.29, 0.717) is 18.0 Å². The van der Waals surface area contributed by atoms with Gasteiger partial charge in [-0.2, -0.15) is 0 Å². The van der Waals surface area contributed by atoms with Crippen LogP contribution in [0.2, 0.25) is 10.0 Å². The number of anilines is 1. The number of amides is 2. The van der Waals surface area contributed by atoms with Gasteiger partial charge in [0.2, 0.25) is 11.8 Å². The number of hydrogen-bond acceptors (Lipinski definition) is 4. The summed E-state index contributed by atoms with van der Waals surface area (Å²) >= 11 is 12.5. The molecule has 0 aliphatic rings. The van der Waals surface area contributed by atoms with E-state index in [0.717, 1.165) is 15.4 Å². The normalized spacial score (nSPS) is 12.0.